The summed E-state index contributed by atoms with van der Waals surface area (Å²) < 4.78 is 10.3. The fourth-order valence-electron chi connectivity index (χ4n) is 1.98. The number of methoxy groups -OCH3 is 2. The van der Waals surface area contributed by atoms with Crippen LogP contribution in [0.25, 0.3) is 0 Å². The van der Waals surface area contributed by atoms with Crippen molar-refractivity contribution < 1.29 is 14.3 Å². The van der Waals surface area contributed by atoms with Gasteiger partial charge in [0.25, 0.3) is 0 Å². The molecule has 0 aliphatic heterocycles. The van der Waals surface area contributed by atoms with Gasteiger partial charge in [0.15, 0.2) is 0 Å². The predicted octanol–water partition coefficient (Wildman–Crippen LogP) is 2.63. The van der Waals surface area contributed by atoms with Crippen LogP contribution in [-0.4, -0.2) is 26.7 Å². The van der Waals surface area contributed by atoms with Crippen LogP contribution < -0.4 is 20.1 Å². The molecule has 2 rings (SSSR count). The van der Waals surface area contributed by atoms with Crippen molar-refractivity contribution in [3.8, 4) is 17.6 Å². The second kappa shape index (κ2) is 7.71. The number of nitriles is 1. The van der Waals surface area contributed by atoms with Gasteiger partial charge in [0, 0.05) is 11.8 Å². The third-order valence-corrected chi connectivity index (χ3v) is 3.13. The van der Waals surface area contributed by atoms with Crippen LogP contribution >= 0.6 is 0 Å². The highest BCUT2D eigenvalue weighted by Crippen LogP contribution is 2.28. The third-order valence-electron chi connectivity index (χ3n) is 3.13. The van der Waals surface area contributed by atoms with Crippen LogP contribution in [0.1, 0.15) is 5.56 Å². The van der Waals surface area contributed by atoms with Gasteiger partial charge in [0.2, 0.25) is 5.91 Å². The zero-order valence-electron chi connectivity index (χ0n) is 12.9. The summed E-state index contributed by atoms with van der Waals surface area (Å²) >= 11 is 0. The van der Waals surface area contributed by atoms with Crippen molar-refractivity contribution in [1.29, 1.82) is 5.26 Å². The van der Waals surface area contributed by atoms with E-state index < -0.39 is 0 Å². The van der Waals surface area contributed by atoms with E-state index in [1.165, 1.54) is 7.11 Å². The number of benzene rings is 2. The number of anilines is 2. The fourth-order valence-corrected chi connectivity index (χ4v) is 1.98. The van der Waals surface area contributed by atoms with Crippen LogP contribution in [0.15, 0.2) is 42.5 Å². The average molecular weight is 311 g/mol. The lowest BCUT2D eigenvalue weighted by atomic mass is 10.2. The Morgan fingerprint density at radius 1 is 1.17 bits per heavy atom. The number of hydrogen-bond acceptors (Lipinski definition) is 5. The van der Waals surface area contributed by atoms with E-state index in [0.717, 1.165) is 0 Å². The fraction of sp³-hybridized carbons (Fsp3) is 0.176. The topological polar surface area (TPSA) is 83.4 Å². The molecule has 0 radical (unpaired) electrons. The van der Waals surface area contributed by atoms with Gasteiger partial charge in [-0.3, -0.25) is 4.79 Å². The van der Waals surface area contributed by atoms with E-state index in [2.05, 4.69) is 16.7 Å². The second-order valence-corrected chi connectivity index (χ2v) is 4.66. The van der Waals surface area contributed by atoms with E-state index >= 15 is 0 Å². The number of nitrogens with one attached hydrogen (secondary N) is 2. The molecule has 0 saturated heterocycles. The van der Waals surface area contributed by atoms with Gasteiger partial charge in [0.05, 0.1) is 38.1 Å². The SMILES string of the molecule is COc1ccc(NC(=O)CNc2cccc(C#N)c2)c(OC)c1. The molecule has 0 unspecified atom stereocenters. The van der Waals surface area contributed by atoms with Crippen molar-refractivity contribution >= 4 is 17.3 Å². The Labute approximate surface area is 134 Å². The molecule has 0 saturated carbocycles. The Morgan fingerprint density at radius 2 is 2.00 bits per heavy atom. The molecule has 0 atom stereocenters. The standard InChI is InChI=1S/C17H17N3O3/c1-22-14-6-7-15(16(9-14)23-2)20-17(21)11-19-13-5-3-4-12(8-13)10-18/h3-9,19H,11H2,1-2H3,(H,20,21). The second-order valence-electron chi connectivity index (χ2n) is 4.66. The Balaban J connectivity index is 1.98. The largest absolute Gasteiger partial charge is 0.497 e. The van der Waals surface area contributed by atoms with E-state index in [1.807, 2.05) is 0 Å². The van der Waals surface area contributed by atoms with Crippen LogP contribution in [0.3, 0.4) is 0 Å². The molecule has 1 amide bonds. The lowest BCUT2D eigenvalue weighted by Crippen LogP contribution is -2.22. The maximum absolute atomic E-state index is 12.0. The molecule has 0 aromatic heterocycles. The van der Waals surface area contributed by atoms with Crippen molar-refractivity contribution in [2.75, 3.05) is 31.4 Å². The first-order valence-corrected chi connectivity index (χ1v) is 6.92. The van der Waals surface area contributed by atoms with Gasteiger partial charge in [-0.05, 0) is 30.3 Å². The van der Waals surface area contributed by atoms with E-state index in [4.69, 9.17) is 14.7 Å². The number of nitrogens with zero attached hydrogens (tertiary/aromatic N) is 1. The van der Waals surface area contributed by atoms with E-state index in [1.54, 1.807) is 49.6 Å². The van der Waals surface area contributed by atoms with Crippen molar-refractivity contribution in [3.63, 3.8) is 0 Å². The van der Waals surface area contributed by atoms with E-state index in [-0.39, 0.29) is 12.5 Å². The Morgan fingerprint density at radius 3 is 2.70 bits per heavy atom. The zero-order chi connectivity index (χ0) is 16.7. The number of carbonyl (C=O) groups excluding carboxylic acids is 1. The highest BCUT2D eigenvalue weighted by atomic mass is 16.5. The summed E-state index contributed by atoms with van der Waals surface area (Å²) in [6, 6.07) is 14.1. The predicted molar refractivity (Wildman–Crippen MR) is 87.8 cm³/mol. The maximum atomic E-state index is 12.0. The van der Waals surface area contributed by atoms with E-state index in [9.17, 15) is 4.79 Å². The van der Waals surface area contributed by atoms with Gasteiger partial charge < -0.3 is 20.1 Å². The molecule has 23 heavy (non-hydrogen) atoms. The molecule has 6 heteroatoms. The molecule has 0 fully saturated rings. The molecular formula is C17H17N3O3. The van der Waals surface area contributed by atoms with Gasteiger partial charge in [-0.1, -0.05) is 6.07 Å². The van der Waals surface area contributed by atoms with Gasteiger partial charge in [-0.25, -0.2) is 0 Å². The van der Waals surface area contributed by atoms with Crippen molar-refractivity contribution in [2.45, 2.75) is 0 Å². The molecule has 0 aliphatic carbocycles. The van der Waals surface area contributed by atoms with Crippen molar-refractivity contribution in [2.24, 2.45) is 0 Å². The van der Waals surface area contributed by atoms with E-state index in [0.29, 0.717) is 28.4 Å². The zero-order valence-corrected chi connectivity index (χ0v) is 12.9. The first-order chi connectivity index (χ1) is 11.2. The summed E-state index contributed by atoms with van der Waals surface area (Å²) in [5, 5.41) is 14.6. The molecule has 118 valence electrons. The molecule has 2 aromatic carbocycles. The maximum Gasteiger partial charge on any atom is 0.243 e. The summed E-state index contributed by atoms with van der Waals surface area (Å²) in [4.78, 5) is 12.0. The Kier molecular flexibility index (Phi) is 5.42. The molecule has 6 nitrogen and oxygen atoms in total. The quantitative estimate of drug-likeness (QED) is 0.857. The highest BCUT2D eigenvalue weighted by molar-refractivity contribution is 5.95. The van der Waals surface area contributed by atoms with Gasteiger partial charge >= 0.3 is 0 Å². The minimum Gasteiger partial charge on any atom is -0.497 e. The van der Waals surface area contributed by atoms with Crippen molar-refractivity contribution in [1.82, 2.24) is 0 Å². The minimum atomic E-state index is -0.226. The van der Waals surface area contributed by atoms with Gasteiger partial charge in [0.1, 0.15) is 11.5 Å². The highest BCUT2D eigenvalue weighted by Gasteiger charge is 2.09. The van der Waals surface area contributed by atoms with Gasteiger partial charge in [-0.2, -0.15) is 5.26 Å². The lowest BCUT2D eigenvalue weighted by molar-refractivity contribution is -0.114. The van der Waals surface area contributed by atoms with Crippen LogP contribution in [0, 0.1) is 11.3 Å². The Hall–Kier alpha value is -3.20. The summed E-state index contributed by atoms with van der Waals surface area (Å²) in [5.74, 6) is 0.936. The van der Waals surface area contributed by atoms with Gasteiger partial charge in [-0.15, -0.1) is 0 Å². The number of rotatable bonds is 6. The summed E-state index contributed by atoms with van der Waals surface area (Å²) in [7, 11) is 3.09. The summed E-state index contributed by atoms with van der Waals surface area (Å²) in [6.45, 7) is 0.0735. The number of amides is 1. The normalized spacial score (nSPS) is 9.61. The first-order valence-electron chi connectivity index (χ1n) is 6.92. The molecule has 0 bridgehead atoms. The van der Waals surface area contributed by atoms with Crippen molar-refractivity contribution in [3.05, 3.63) is 48.0 Å². The summed E-state index contributed by atoms with van der Waals surface area (Å²) in [6.07, 6.45) is 0. The molecule has 0 heterocycles. The van der Waals surface area contributed by atoms with Crippen LogP contribution in [0.4, 0.5) is 11.4 Å². The number of carbonyl (C=O) groups is 1. The molecule has 0 aliphatic rings. The molecule has 2 aromatic rings. The third kappa shape index (κ3) is 4.38. The van der Waals surface area contributed by atoms with Crippen LogP contribution in [0.2, 0.25) is 0 Å². The van der Waals surface area contributed by atoms with Crippen LogP contribution in [0.5, 0.6) is 11.5 Å². The molecule has 0 spiro atoms. The molecule has 2 N–H and O–H groups in total. The van der Waals surface area contributed by atoms with Crippen LogP contribution in [-0.2, 0) is 4.79 Å². The lowest BCUT2D eigenvalue weighted by Gasteiger charge is -2.12. The first kappa shape index (κ1) is 16.2. The summed E-state index contributed by atoms with van der Waals surface area (Å²) in [5.41, 5.74) is 1.80. The average Bonchev–Trinajstić information content (AvgIpc) is 2.60. The smallest absolute Gasteiger partial charge is 0.243 e. The number of hydrogen-bond donors (Lipinski definition) is 2. The Bertz CT molecular complexity index is 738. The molecular weight excluding hydrogens is 294 g/mol. The monoisotopic (exact) mass is 311 g/mol. The minimum absolute atomic E-state index is 0.0735. The number of ether oxygens (including phenoxy) is 2.